The van der Waals surface area contributed by atoms with Crippen molar-refractivity contribution in [3.8, 4) is 0 Å². The van der Waals surface area contributed by atoms with Crippen LogP contribution in [-0.2, 0) is 23.7 Å². The number of rotatable bonds is 10. The van der Waals surface area contributed by atoms with Gasteiger partial charge in [0, 0.05) is 35.0 Å². The standard InChI is InChI=1S/C15H31NO7/c1-15(2,3)23-14(18)16-8-10(19-4)12(21-6)13(22-7)11(9-17)20-5/h10-13,17H,8-9H2,1-7H3,(H,16,18)/t10-,11+,12+,13+/m0/s1. The molecule has 0 unspecified atom stereocenters. The molecule has 1 amide bonds. The second-order valence-corrected chi connectivity index (χ2v) is 6.01. The quantitative estimate of drug-likeness (QED) is 0.601. The number of ether oxygens (including phenoxy) is 5. The molecule has 8 nitrogen and oxygen atoms in total. The number of hydrogen-bond donors (Lipinski definition) is 2. The monoisotopic (exact) mass is 337 g/mol. The Morgan fingerprint density at radius 3 is 1.78 bits per heavy atom. The van der Waals surface area contributed by atoms with Crippen molar-refractivity contribution in [2.45, 2.75) is 50.8 Å². The van der Waals surface area contributed by atoms with Crippen molar-refractivity contribution < 1.29 is 33.6 Å². The maximum atomic E-state index is 11.7. The Kier molecular flexibility index (Phi) is 10.3. The van der Waals surface area contributed by atoms with E-state index in [9.17, 15) is 9.90 Å². The highest BCUT2D eigenvalue weighted by Gasteiger charge is 2.36. The van der Waals surface area contributed by atoms with Gasteiger partial charge in [-0.05, 0) is 20.8 Å². The second kappa shape index (κ2) is 10.8. The molecule has 138 valence electrons. The fourth-order valence-electron chi connectivity index (χ4n) is 2.14. The van der Waals surface area contributed by atoms with E-state index in [0.717, 1.165) is 0 Å². The fourth-order valence-corrected chi connectivity index (χ4v) is 2.14. The number of alkyl carbamates (subject to hydrolysis) is 1. The number of nitrogens with one attached hydrogen (secondary N) is 1. The molecule has 0 aromatic heterocycles. The minimum absolute atomic E-state index is 0.158. The van der Waals surface area contributed by atoms with Crippen LogP contribution in [0.5, 0.6) is 0 Å². The first-order valence-corrected chi connectivity index (χ1v) is 7.42. The fraction of sp³-hybridized carbons (Fsp3) is 0.933. The van der Waals surface area contributed by atoms with Gasteiger partial charge in [-0.2, -0.15) is 0 Å². The van der Waals surface area contributed by atoms with Crippen molar-refractivity contribution in [1.29, 1.82) is 0 Å². The van der Waals surface area contributed by atoms with Crippen LogP contribution in [0.4, 0.5) is 4.79 Å². The Bertz CT molecular complexity index is 328. The summed E-state index contributed by atoms with van der Waals surface area (Å²) in [6, 6.07) is 0. The minimum Gasteiger partial charge on any atom is -0.444 e. The van der Waals surface area contributed by atoms with Gasteiger partial charge in [0.1, 0.15) is 30.0 Å². The van der Waals surface area contributed by atoms with Crippen LogP contribution in [0.15, 0.2) is 0 Å². The highest BCUT2D eigenvalue weighted by molar-refractivity contribution is 5.67. The molecule has 23 heavy (non-hydrogen) atoms. The van der Waals surface area contributed by atoms with Crippen LogP contribution in [0.2, 0.25) is 0 Å². The van der Waals surface area contributed by atoms with Gasteiger partial charge in [0.05, 0.1) is 6.61 Å². The first-order chi connectivity index (χ1) is 10.7. The molecule has 4 atom stereocenters. The predicted molar refractivity (Wildman–Crippen MR) is 84.5 cm³/mol. The molecule has 0 aliphatic heterocycles. The van der Waals surface area contributed by atoms with E-state index in [1.807, 2.05) is 0 Å². The summed E-state index contributed by atoms with van der Waals surface area (Å²) in [6.07, 6.45) is -2.77. The van der Waals surface area contributed by atoms with E-state index < -0.39 is 36.1 Å². The van der Waals surface area contributed by atoms with Gasteiger partial charge in [-0.15, -0.1) is 0 Å². The average Bonchev–Trinajstić information content (AvgIpc) is 2.48. The second-order valence-electron chi connectivity index (χ2n) is 6.01. The molecule has 0 saturated carbocycles. The summed E-state index contributed by atoms with van der Waals surface area (Å²) in [6.45, 7) is 5.27. The molecule has 0 aliphatic rings. The topological polar surface area (TPSA) is 95.5 Å². The van der Waals surface area contributed by atoms with Crippen molar-refractivity contribution in [1.82, 2.24) is 5.32 Å². The number of hydrogen-bond acceptors (Lipinski definition) is 7. The van der Waals surface area contributed by atoms with E-state index in [2.05, 4.69) is 5.32 Å². The summed E-state index contributed by atoms with van der Waals surface area (Å²) in [5.74, 6) is 0. The molecule has 0 rings (SSSR count). The van der Waals surface area contributed by atoms with E-state index in [4.69, 9.17) is 23.7 Å². The van der Waals surface area contributed by atoms with Gasteiger partial charge in [-0.1, -0.05) is 0 Å². The van der Waals surface area contributed by atoms with Crippen LogP contribution < -0.4 is 5.32 Å². The highest BCUT2D eigenvalue weighted by Crippen LogP contribution is 2.16. The summed E-state index contributed by atoms with van der Waals surface area (Å²) in [5.41, 5.74) is -0.583. The first-order valence-electron chi connectivity index (χ1n) is 7.42. The molecule has 0 aliphatic carbocycles. The Labute approximate surface area is 138 Å². The number of aliphatic hydroxyl groups excluding tert-OH is 1. The maximum Gasteiger partial charge on any atom is 0.407 e. The molecule has 8 heteroatoms. The normalized spacial score (nSPS) is 17.2. The summed E-state index contributed by atoms with van der Waals surface area (Å²) in [7, 11) is 5.97. The largest absolute Gasteiger partial charge is 0.444 e. The van der Waals surface area contributed by atoms with Crippen LogP contribution >= 0.6 is 0 Å². The zero-order valence-electron chi connectivity index (χ0n) is 15.1. The summed E-state index contributed by atoms with van der Waals surface area (Å²) >= 11 is 0. The van der Waals surface area contributed by atoms with Crippen LogP contribution in [0.25, 0.3) is 0 Å². The molecule has 0 bridgehead atoms. The summed E-state index contributed by atoms with van der Waals surface area (Å²) < 4.78 is 26.6. The smallest absolute Gasteiger partial charge is 0.407 e. The van der Waals surface area contributed by atoms with Gasteiger partial charge in [0.25, 0.3) is 0 Å². The van der Waals surface area contributed by atoms with E-state index >= 15 is 0 Å². The lowest BCUT2D eigenvalue weighted by molar-refractivity contribution is -0.155. The Balaban J connectivity index is 4.84. The van der Waals surface area contributed by atoms with E-state index in [-0.39, 0.29) is 13.2 Å². The van der Waals surface area contributed by atoms with Crippen LogP contribution in [0, 0.1) is 0 Å². The van der Waals surface area contributed by atoms with Crippen LogP contribution in [0.1, 0.15) is 20.8 Å². The van der Waals surface area contributed by atoms with E-state index in [1.54, 1.807) is 20.8 Å². The molecule has 2 N–H and O–H groups in total. The molecular formula is C15H31NO7. The zero-order chi connectivity index (χ0) is 18.0. The zero-order valence-corrected chi connectivity index (χ0v) is 15.1. The average molecular weight is 337 g/mol. The van der Waals surface area contributed by atoms with Crippen LogP contribution in [0.3, 0.4) is 0 Å². The first kappa shape index (κ1) is 22.1. The highest BCUT2D eigenvalue weighted by atomic mass is 16.6. The third-order valence-electron chi connectivity index (χ3n) is 3.23. The van der Waals surface area contributed by atoms with Gasteiger partial charge >= 0.3 is 6.09 Å². The van der Waals surface area contributed by atoms with Gasteiger partial charge in [0.2, 0.25) is 0 Å². The van der Waals surface area contributed by atoms with Crippen molar-refractivity contribution in [3.05, 3.63) is 0 Å². The van der Waals surface area contributed by atoms with Crippen molar-refractivity contribution >= 4 is 6.09 Å². The number of methoxy groups -OCH3 is 4. The Hall–Kier alpha value is -0.930. The number of aliphatic hydroxyl groups is 1. The number of amides is 1. The SMILES string of the molecule is CO[C@@H]([C@H](OC)[C@@H](CO)OC)[C@H](CNC(=O)OC(C)(C)C)OC. The predicted octanol–water partition coefficient (Wildman–Crippen LogP) is 0.563. The summed E-state index contributed by atoms with van der Waals surface area (Å²) in [5, 5.41) is 12.0. The third-order valence-corrected chi connectivity index (χ3v) is 3.23. The van der Waals surface area contributed by atoms with Crippen molar-refractivity contribution in [2.75, 3.05) is 41.6 Å². The van der Waals surface area contributed by atoms with Crippen LogP contribution in [-0.4, -0.2) is 82.8 Å². The lowest BCUT2D eigenvalue weighted by atomic mass is 10.0. The third kappa shape index (κ3) is 7.94. The lowest BCUT2D eigenvalue weighted by Crippen LogP contribution is -2.53. The maximum absolute atomic E-state index is 11.7. The molecule has 0 heterocycles. The lowest BCUT2D eigenvalue weighted by Gasteiger charge is -2.34. The molecule has 0 aromatic carbocycles. The van der Waals surface area contributed by atoms with Gasteiger partial charge < -0.3 is 34.1 Å². The minimum atomic E-state index is -0.583. The summed E-state index contributed by atoms with van der Waals surface area (Å²) in [4.78, 5) is 11.7. The molecule has 0 aromatic rings. The number of carbonyl (C=O) groups is 1. The van der Waals surface area contributed by atoms with Crippen molar-refractivity contribution in [2.24, 2.45) is 0 Å². The van der Waals surface area contributed by atoms with Gasteiger partial charge in [-0.3, -0.25) is 0 Å². The molecular weight excluding hydrogens is 306 g/mol. The molecule has 0 spiro atoms. The molecule has 0 saturated heterocycles. The Morgan fingerprint density at radius 1 is 0.957 bits per heavy atom. The van der Waals surface area contributed by atoms with Gasteiger partial charge in [0.15, 0.2) is 0 Å². The Morgan fingerprint density at radius 2 is 1.43 bits per heavy atom. The molecule has 0 fully saturated rings. The van der Waals surface area contributed by atoms with E-state index in [1.165, 1.54) is 28.4 Å². The van der Waals surface area contributed by atoms with Crippen molar-refractivity contribution in [3.63, 3.8) is 0 Å². The van der Waals surface area contributed by atoms with Gasteiger partial charge in [-0.25, -0.2) is 4.79 Å². The molecule has 0 radical (unpaired) electrons. The number of carbonyl (C=O) groups excluding carboxylic acids is 1. The van der Waals surface area contributed by atoms with E-state index in [0.29, 0.717) is 0 Å².